The minimum atomic E-state index is -3.81. The van der Waals surface area contributed by atoms with Crippen LogP contribution in [0.3, 0.4) is 0 Å². The van der Waals surface area contributed by atoms with Gasteiger partial charge in [0.2, 0.25) is 0 Å². The van der Waals surface area contributed by atoms with Crippen LogP contribution in [0.4, 0.5) is 5.69 Å². The van der Waals surface area contributed by atoms with E-state index in [0.717, 1.165) is 22.6 Å². The summed E-state index contributed by atoms with van der Waals surface area (Å²) in [5.41, 5.74) is 0.986. The van der Waals surface area contributed by atoms with E-state index < -0.39 is 10.0 Å². The molecule has 0 aliphatic carbocycles. The molecule has 1 saturated heterocycles. The van der Waals surface area contributed by atoms with Crippen LogP contribution in [0.25, 0.3) is 0 Å². The summed E-state index contributed by atoms with van der Waals surface area (Å²) in [5, 5.41) is 0. The molecule has 5 nitrogen and oxygen atoms in total. The van der Waals surface area contributed by atoms with E-state index >= 15 is 0 Å². The Morgan fingerprint density at radius 1 is 1.03 bits per heavy atom. The molecule has 1 aliphatic heterocycles. The van der Waals surface area contributed by atoms with Crippen LogP contribution in [0.5, 0.6) is 0 Å². The number of para-hydroxylation sites is 1. The second kappa shape index (κ2) is 9.45. The number of carbonyl (C=O) groups is 1. The number of nitrogens with one attached hydrogen (secondary N) is 1. The molecule has 1 fully saturated rings. The Balaban J connectivity index is 1.92. The second-order valence-corrected chi connectivity index (χ2v) is 10.5. The van der Waals surface area contributed by atoms with Crippen LogP contribution in [0.15, 0.2) is 57.2 Å². The number of rotatable bonds is 6. The van der Waals surface area contributed by atoms with E-state index in [4.69, 9.17) is 0 Å². The van der Waals surface area contributed by atoms with Crippen LogP contribution in [-0.4, -0.2) is 44.8 Å². The lowest BCUT2D eigenvalue weighted by molar-refractivity contribution is 0.0693. The standard InChI is InChI=1S/C21H26N2O3S3/c1-15-10-12-23(13-11-15)21(24)17-14-16(8-9-19(17)27-2)29(25,26)22-18-6-4-5-7-20(18)28-3/h4-9,14-15,22H,10-13H2,1-3H3. The fourth-order valence-corrected chi connectivity index (χ4v) is 5.63. The Morgan fingerprint density at radius 2 is 1.69 bits per heavy atom. The van der Waals surface area contributed by atoms with Gasteiger partial charge in [-0.05, 0) is 61.6 Å². The number of thioether (sulfide) groups is 2. The van der Waals surface area contributed by atoms with Crippen molar-refractivity contribution in [1.29, 1.82) is 0 Å². The summed E-state index contributed by atoms with van der Waals surface area (Å²) < 4.78 is 28.7. The molecule has 0 atom stereocenters. The lowest BCUT2D eigenvalue weighted by Gasteiger charge is -2.30. The van der Waals surface area contributed by atoms with Gasteiger partial charge < -0.3 is 4.90 Å². The lowest BCUT2D eigenvalue weighted by Crippen LogP contribution is -2.38. The summed E-state index contributed by atoms with van der Waals surface area (Å²) in [6.45, 7) is 3.62. The van der Waals surface area contributed by atoms with Gasteiger partial charge in [-0.1, -0.05) is 19.1 Å². The molecule has 1 aliphatic rings. The topological polar surface area (TPSA) is 66.5 Å². The minimum absolute atomic E-state index is 0.0946. The van der Waals surface area contributed by atoms with Crippen molar-refractivity contribution in [1.82, 2.24) is 4.90 Å². The van der Waals surface area contributed by atoms with Crippen molar-refractivity contribution < 1.29 is 13.2 Å². The number of benzene rings is 2. The predicted octanol–water partition coefficient (Wildman–Crippen LogP) is 4.80. The first-order valence-corrected chi connectivity index (χ1v) is 13.4. The van der Waals surface area contributed by atoms with Crippen molar-refractivity contribution in [3.63, 3.8) is 0 Å². The highest BCUT2D eigenvalue weighted by Gasteiger charge is 2.25. The van der Waals surface area contributed by atoms with Gasteiger partial charge in [0, 0.05) is 22.9 Å². The van der Waals surface area contributed by atoms with Gasteiger partial charge in [-0.3, -0.25) is 9.52 Å². The number of carbonyl (C=O) groups excluding carboxylic acids is 1. The van der Waals surface area contributed by atoms with Crippen LogP contribution in [0.2, 0.25) is 0 Å². The Bertz CT molecular complexity index is 984. The first-order valence-electron chi connectivity index (χ1n) is 9.49. The number of likely N-dealkylation sites (tertiary alicyclic amines) is 1. The number of hydrogen-bond acceptors (Lipinski definition) is 5. The van der Waals surface area contributed by atoms with Crippen molar-refractivity contribution in [3.05, 3.63) is 48.0 Å². The summed E-state index contributed by atoms with van der Waals surface area (Å²) in [7, 11) is -3.81. The zero-order valence-corrected chi connectivity index (χ0v) is 19.3. The predicted molar refractivity (Wildman–Crippen MR) is 122 cm³/mol. The quantitative estimate of drug-likeness (QED) is 0.640. The Labute approximate surface area is 181 Å². The van der Waals surface area contributed by atoms with E-state index in [1.54, 1.807) is 24.3 Å². The van der Waals surface area contributed by atoms with Crippen LogP contribution in [0.1, 0.15) is 30.1 Å². The molecule has 1 amide bonds. The molecule has 0 radical (unpaired) electrons. The van der Waals surface area contributed by atoms with Crippen LogP contribution >= 0.6 is 23.5 Å². The summed E-state index contributed by atoms with van der Waals surface area (Å²) in [6.07, 6.45) is 5.75. The fraction of sp³-hybridized carbons (Fsp3) is 0.381. The third kappa shape index (κ3) is 5.10. The maximum atomic E-state index is 13.1. The number of nitrogens with zero attached hydrogens (tertiary/aromatic N) is 1. The van der Waals surface area contributed by atoms with E-state index in [-0.39, 0.29) is 10.8 Å². The van der Waals surface area contributed by atoms with Gasteiger partial charge in [-0.25, -0.2) is 8.42 Å². The first-order chi connectivity index (χ1) is 13.9. The van der Waals surface area contributed by atoms with E-state index in [1.807, 2.05) is 29.5 Å². The third-order valence-corrected chi connectivity index (χ3v) is 8.09. The molecule has 156 valence electrons. The number of hydrogen-bond donors (Lipinski definition) is 1. The van der Waals surface area contributed by atoms with Crippen LogP contribution in [0, 0.1) is 5.92 Å². The van der Waals surface area contributed by atoms with Crippen molar-refractivity contribution >= 4 is 45.1 Å². The van der Waals surface area contributed by atoms with Crippen molar-refractivity contribution in [2.75, 3.05) is 30.3 Å². The molecular weight excluding hydrogens is 424 g/mol. The van der Waals surface area contributed by atoms with Gasteiger partial charge in [-0.2, -0.15) is 0 Å². The SMILES string of the molecule is CSc1ccccc1NS(=O)(=O)c1ccc(SC)c(C(=O)N2CCC(C)CC2)c1. The highest BCUT2D eigenvalue weighted by atomic mass is 32.2. The van der Waals surface area contributed by atoms with Crippen LogP contribution < -0.4 is 4.72 Å². The van der Waals surface area contributed by atoms with Gasteiger partial charge in [0.05, 0.1) is 16.1 Å². The molecule has 0 unspecified atom stereocenters. The molecule has 0 bridgehead atoms. The summed E-state index contributed by atoms with van der Waals surface area (Å²) >= 11 is 2.92. The number of sulfonamides is 1. The molecule has 29 heavy (non-hydrogen) atoms. The molecule has 1 heterocycles. The van der Waals surface area contributed by atoms with Crippen molar-refractivity contribution in [2.45, 2.75) is 34.5 Å². The highest BCUT2D eigenvalue weighted by molar-refractivity contribution is 7.99. The smallest absolute Gasteiger partial charge is 0.261 e. The molecule has 0 spiro atoms. The zero-order chi connectivity index (χ0) is 21.0. The van der Waals surface area contributed by atoms with E-state index in [1.165, 1.54) is 29.6 Å². The minimum Gasteiger partial charge on any atom is -0.339 e. The summed E-state index contributed by atoms with van der Waals surface area (Å²) in [5.74, 6) is 0.523. The monoisotopic (exact) mass is 450 g/mol. The van der Waals surface area contributed by atoms with Gasteiger partial charge in [0.15, 0.2) is 0 Å². The number of piperidine rings is 1. The molecule has 3 rings (SSSR count). The summed E-state index contributed by atoms with van der Waals surface area (Å²) in [4.78, 5) is 16.7. The molecule has 0 aromatic heterocycles. The van der Waals surface area contributed by atoms with Gasteiger partial charge in [0.1, 0.15) is 0 Å². The molecule has 8 heteroatoms. The van der Waals surface area contributed by atoms with E-state index in [9.17, 15) is 13.2 Å². The third-order valence-electron chi connectivity index (χ3n) is 5.13. The Hall–Kier alpha value is -1.64. The molecule has 2 aromatic carbocycles. The average Bonchev–Trinajstić information content (AvgIpc) is 2.73. The van der Waals surface area contributed by atoms with E-state index in [2.05, 4.69) is 11.6 Å². The first kappa shape index (κ1) is 22.1. The Morgan fingerprint density at radius 3 is 2.34 bits per heavy atom. The van der Waals surface area contributed by atoms with Crippen LogP contribution in [-0.2, 0) is 10.0 Å². The van der Waals surface area contributed by atoms with Crippen molar-refractivity contribution in [3.8, 4) is 0 Å². The zero-order valence-electron chi connectivity index (χ0n) is 16.8. The lowest BCUT2D eigenvalue weighted by atomic mass is 9.98. The second-order valence-electron chi connectivity index (χ2n) is 7.14. The van der Waals surface area contributed by atoms with Crippen molar-refractivity contribution in [2.24, 2.45) is 5.92 Å². The van der Waals surface area contributed by atoms with Gasteiger partial charge >= 0.3 is 0 Å². The average molecular weight is 451 g/mol. The maximum absolute atomic E-state index is 13.1. The largest absolute Gasteiger partial charge is 0.339 e. The Kier molecular flexibility index (Phi) is 7.19. The van der Waals surface area contributed by atoms with Gasteiger partial charge in [0.25, 0.3) is 15.9 Å². The maximum Gasteiger partial charge on any atom is 0.261 e. The van der Waals surface area contributed by atoms with E-state index in [0.29, 0.717) is 30.3 Å². The number of amides is 1. The molecule has 2 aromatic rings. The molecule has 0 saturated carbocycles. The fourth-order valence-electron chi connectivity index (χ4n) is 3.34. The molecular formula is C21H26N2O3S3. The number of anilines is 1. The normalized spacial score (nSPS) is 15.3. The highest BCUT2D eigenvalue weighted by Crippen LogP contribution is 2.30. The van der Waals surface area contributed by atoms with Gasteiger partial charge in [-0.15, -0.1) is 23.5 Å². The summed E-state index contributed by atoms with van der Waals surface area (Å²) in [6, 6.07) is 12.1. The molecule has 1 N–H and O–H groups in total.